The molecule has 9 heteroatoms. The molecule has 0 saturated heterocycles. The predicted octanol–water partition coefficient (Wildman–Crippen LogP) is 3.59. The van der Waals surface area contributed by atoms with Gasteiger partial charge in [-0.15, -0.1) is 0 Å². The van der Waals surface area contributed by atoms with Crippen LogP contribution < -0.4 is 10.7 Å². The highest BCUT2D eigenvalue weighted by molar-refractivity contribution is 6.30. The number of rotatable bonds is 8. The number of aliphatic hydroxyl groups excluding tert-OH is 1. The molecule has 2 heterocycles. The van der Waals surface area contributed by atoms with E-state index in [1.54, 1.807) is 54.1 Å². The van der Waals surface area contributed by atoms with Crippen LogP contribution in [0.2, 0.25) is 5.02 Å². The summed E-state index contributed by atoms with van der Waals surface area (Å²) in [6.07, 6.45) is 0.708. The van der Waals surface area contributed by atoms with Gasteiger partial charge in [0.1, 0.15) is 17.1 Å². The lowest BCUT2D eigenvalue weighted by molar-refractivity contribution is 0.0949. The van der Waals surface area contributed by atoms with Gasteiger partial charge in [-0.25, -0.2) is 0 Å². The Morgan fingerprint density at radius 1 is 1.17 bits per heavy atom. The summed E-state index contributed by atoms with van der Waals surface area (Å²) in [4.78, 5) is 27.6. The number of carbonyl (C=O) groups is 1. The summed E-state index contributed by atoms with van der Waals surface area (Å²) in [5.74, 6) is 0.196. The van der Waals surface area contributed by atoms with Gasteiger partial charge in [-0.1, -0.05) is 35.9 Å². The van der Waals surface area contributed by atoms with Crippen molar-refractivity contribution in [1.82, 2.24) is 14.8 Å². The highest BCUT2D eigenvalue weighted by Crippen LogP contribution is 2.21. The first-order valence-corrected chi connectivity index (χ1v) is 11.4. The number of aromatic nitrogens is 1. The number of hydrogen-bond acceptors (Lipinski definition) is 6. The second-order valence-corrected chi connectivity index (χ2v) is 8.96. The van der Waals surface area contributed by atoms with E-state index in [0.29, 0.717) is 40.5 Å². The number of phenols is 1. The van der Waals surface area contributed by atoms with Gasteiger partial charge in [0, 0.05) is 31.4 Å². The number of aliphatic hydroxyl groups is 1. The lowest BCUT2D eigenvalue weighted by Crippen LogP contribution is -2.29. The fourth-order valence-electron chi connectivity index (χ4n) is 3.86. The molecule has 1 atom stereocenters. The molecule has 8 nitrogen and oxygen atoms in total. The molecule has 4 rings (SSSR count). The number of aryl methyl sites for hydroxylation is 1. The fourth-order valence-corrected chi connectivity index (χ4v) is 3.99. The van der Waals surface area contributed by atoms with E-state index in [4.69, 9.17) is 16.0 Å². The molecule has 0 spiro atoms. The van der Waals surface area contributed by atoms with Crippen molar-refractivity contribution in [3.05, 3.63) is 98.5 Å². The molecule has 0 saturated carbocycles. The Kier molecular flexibility index (Phi) is 7.25. The Balaban J connectivity index is 1.47. The van der Waals surface area contributed by atoms with E-state index in [1.165, 1.54) is 18.3 Å². The molecule has 3 N–H and O–H groups in total. The maximum atomic E-state index is 13.0. The third-order valence-electron chi connectivity index (χ3n) is 5.70. The molecule has 0 bridgehead atoms. The molecule has 182 valence electrons. The summed E-state index contributed by atoms with van der Waals surface area (Å²) in [5.41, 5.74) is 1.53. The largest absolute Gasteiger partial charge is 0.508 e. The minimum absolute atomic E-state index is 0.0254. The van der Waals surface area contributed by atoms with Gasteiger partial charge < -0.3 is 24.5 Å². The summed E-state index contributed by atoms with van der Waals surface area (Å²) in [5, 5.41) is 23.6. The molecule has 0 aliphatic rings. The third-order valence-corrected chi connectivity index (χ3v) is 5.95. The Morgan fingerprint density at radius 2 is 1.86 bits per heavy atom. The first-order valence-electron chi connectivity index (χ1n) is 11.0. The van der Waals surface area contributed by atoms with E-state index in [2.05, 4.69) is 5.32 Å². The highest BCUT2D eigenvalue weighted by Gasteiger charge is 2.19. The number of nitrogens with zero attached hydrogens (tertiary/aromatic N) is 2. The van der Waals surface area contributed by atoms with Gasteiger partial charge in [-0.2, -0.15) is 0 Å². The zero-order valence-electron chi connectivity index (χ0n) is 19.4. The molecule has 0 aliphatic carbocycles. The Morgan fingerprint density at radius 3 is 2.54 bits per heavy atom. The standard InChI is InChI=1S/C26H26ClN3O5/c1-29(15-23(32)17-5-9-19(31)10-6-17)13-20-11-21-24(33)22(14-30(2)26(21)35-20)25(34)28-12-16-3-7-18(27)8-4-16/h3-11,14,23,31-32H,12-13,15H2,1-2H3,(H,28,34). The SMILES string of the molecule is CN(Cc1cc2c(=O)c(C(=O)NCc3ccc(Cl)cc3)cn(C)c2o1)CC(O)c1ccc(O)cc1. The average molecular weight is 496 g/mol. The molecular weight excluding hydrogens is 470 g/mol. The van der Waals surface area contributed by atoms with E-state index in [-0.39, 0.29) is 17.9 Å². The van der Waals surface area contributed by atoms with Gasteiger partial charge in [0.25, 0.3) is 5.91 Å². The van der Waals surface area contributed by atoms with Crippen molar-refractivity contribution >= 4 is 28.6 Å². The number of halogens is 1. The van der Waals surface area contributed by atoms with Gasteiger partial charge in [0.2, 0.25) is 11.1 Å². The fraction of sp³-hybridized carbons (Fsp3) is 0.231. The Labute approximate surface area is 207 Å². The molecule has 0 aliphatic heterocycles. The molecule has 2 aromatic heterocycles. The van der Waals surface area contributed by atoms with Crippen LogP contribution in [-0.2, 0) is 20.1 Å². The lowest BCUT2D eigenvalue weighted by Gasteiger charge is -2.19. The predicted molar refractivity (Wildman–Crippen MR) is 133 cm³/mol. The van der Waals surface area contributed by atoms with Crippen molar-refractivity contribution in [3.63, 3.8) is 0 Å². The van der Waals surface area contributed by atoms with Crippen LogP contribution >= 0.6 is 11.6 Å². The average Bonchev–Trinajstić information content (AvgIpc) is 3.25. The van der Waals surface area contributed by atoms with Crippen LogP contribution in [0.1, 0.15) is 33.3 Å². The maximum Gasteiger partial charge on any atom is 0.257 e. The third kappa shape index (κ3) is 5.74. The van der Waals surface area contributed by atoms with Crippen molar-refractivity contribution in [2.75, 3.05) is 13.6 Å². The number of likely N-dealkylation sites (N-methyl/N-ethyl adjacent to an activating group) is 1. The number of benzene rings is 2. The summed E-state index contributed by atoms with van der Waals surface area (Å²) in [7, 11) is 3.54. The first-order chi connectivity index (χ1) is 16.7. The number of amides is 1. The Hall–Kier alpha value is -3.59. The van der Waals surface area contributed by atoms with Gasteiger partial charge in [-0.3, -0.25) is 14.5 Å². The molecule has 4 aromatic rings. The first kappa shape index (κ1) is 24.5. The zero-order valence-corrected chi connectivity index (χ0v) is 20.1. The van der Waals surface area contributed by atoms with E-state index in [9.17, 15) is 19.8 Å². The second-order valence-electron chi connectivity index (χ2n) is 8.53. The van der Waals surface area contributed by atoms with Gasteiger partial charge in [-0.05, 0) is 48.5 Å². The molecule has 1 unspecified atom stereocenters. The van der Waals surface area contributed by atoms with Crippen LogP contribution in [0.3, 0.4) is 0 Å². The molecule has 1 amide bonds. The Bertz CT molecular complexity index is 1390. The molecule has 0 fully saturated rings. The van der Waals surface area contributed by atoms with Crippen molar-refractivity contribution in [3.8, 4) is 5.75 Å². The number of pyridine rings is 1. The summed E-state index contributed by atoms with van der Waals surface area (Å²) in [6.45, 7) is 0.930. The number of aromatic hydroxyl groups is 1. The zero-order chi connectivity index (χ0) is 25.1. The van der Waals surface area contributed by atoms with Crippen molar-refractivity contribution < 1.29 is 19.4 Å². The second kappa shape index (κ2) is 10.4. The quantitative estimate of drug-likeness (QED) is 0.345. The van der Waals surface area contributed by atoms with E-state index >= 15 is 0 Å². The molecule has 0 radical (unpaired) electrons. The lowest BCUT2D eigenvalue weighted by atomic mass is 10.1. The molecule has 2 aromatic carbocycles. The van der Waals surface area contributed by atoms with Gasteiger partial charge in [0.15, 0.2) is 0 Å². The van der Waals surface area contributed by atoms with Crippen LogP contribution in [0.15, 0.2) is 70.0 Å². The normalized spacial score (nSPS) is 12.3. The van der Waals surface area contributed by atoms with Crippen LogP contribution in [-0.4, -0.2) is 39.2 Å². The highest BCUT2D eigenvalue weighted by atomic mass is 35.5. The smallest absolute Gasteiger partial charge is 0.257 e. The van der Waals surface area contributed by atoms with Crippen molar-refractivity contribution in [1.29, 1.82) is 0 Å². The summed E-state index contributed by atoms with van der Waals surface area (Å²) >= 11 is 5.89. The number of fused-ring (bicyclic) bond motifs is 1. The van der Waals surface area contributed by atoms with Crippen molar-refractivity contribution in [2.24, 2.45) is 7.05 Å². The molecule has 35 heavy (non-hydrogen) atoms. The van der Waals surface area contributed by atoms with E-state index in [1.807, 2.05) is 11.9 Å². The number of hydrogen-bond donors (Lipinski definition) is 3. The summed E-state index contributed by atoms with van der Waals surface area (Å²) in [6, 6.07) is 15.1. The minimum Gasteiger partial charge on any atom is -0.508 e. The molecular formula is C26H26ClN3O5. The van der Waals surface area contributed by atoms with E-state index < -0.39 is 17.4 Å². The number of nitrogens with one attached hydrogen (secondary N) is 1. The maximum absolute atomic E-state index is 13.0. The van der Waals surface area contributed by atoms with Crippen LogP contribution in [0, 0.1) is 0 Å². The van der Waals surface area contributed by atoms with Crippen LogP contribution in [0.4, 0.5) is 0 Å². The van der Waals surface area contributed by atoms with E-state index in [0.717, 1.165) is 5.56 Å². The van der Waals surface area contributed by atoms with Crippen LogP contribution in [0.5, 0.6) is 5.75 Å². The van der Waals surface area contributed by atoms with Crippen molar-refractivity contribution in [2.45, 2.75) is 19.2 Å². The number of furan rings is 1. The topological polar surface area (TPSA) is 108 Å². The van der Waals surface area contributed by atoms with Gasteiger partial charge >= 0.3 is 0 Å². The van der Waals surface area contributed by atoms with Crippen LogP contribution in [0.25, 0.3) is 11.1 Å². The minimum atomic E-state index is -0.757. The monoisotopic (exact) mass is 495 g/mol. The summed E-state index contributed by atoms with van der Waals surface area (Å²) < 4.78 is 7.50. The number of carbonyl (C=O) groups excluding carboxylic acids is 1. The van der Waals surface area contributed by atoms with Gasteiger partial charge in [0.05, 0.1) is 18.0 Å². The number of phenolic OH excluding ortho intramolecular Hbond substituents is 1.